The molecular weight excluding hydrogens is 282 g/mol. The topological polar surface area (TPSA) is 101 Å². The molecular formula is C17H21NO4. The van der Waals surface area contributed by atoms with Crippen molar-refractivity contribution in [1.29, 1.82) is 0 Å². The van der Waals surface area contributed by atoms with Gasteiger partial charge in [0.1, 0.15) is 5.54 Å². The summed E-state index contributed by atoms with van der Waals surface area (Å²) in [6.45, 7) is 0. The fourth-order valence-electron chi connectivity index (χ4n) is 4.32. The molecule has 22 heavy (non-hydrogen) atoms. The van der Waals surface area contributed by atoms with Crippen molar-refractivity contribution in [3.63, 3.8) is 0 Å². The van der Waals surface area contributed by atoms with Gasteiger partial charge in [0.2, 0.25) is 0 Å². The van der Waals surface area contributed by atoms with Crippen LogP contribution in [0.15, 0.2) is 30.3 Å². The molecule has 5 atom stereocenters. The molecule has 1 aromatic carbocycles. The third-order valence-electron chi connectivity index (χ3n) is 5.47. The molecule has 4 N–H and O–H groups in total. The Morgan fingerprint density at radius 1 is 1.23 bits per heavy atom. The number of hydrogen-bond donors (Lipinski definition) is 3. The zero-order valence-corrected chi connectivity index (χ0v) is 12.3. The lowest BCUT2D eigenvalue weighted by atomic mass is 9.78. The first-order chi connectivity index (χ1) is 10.5. The molecule has 0 saturated heterocycles. The summed E-state index contributed by atoms with van der Waals surface area (Å²) in [5.74, 6) is -3.10. The van der Waals surface area contributed by atoms with E-state index in [-0.39, 0.29) is 11.8 Å². The average molecular weight is 303 g/mol. The largest absolute Gasteiger partial charge is 0.481 e. The number of carboxylic acids is 2. The molecule has 1 aromatic rings. The van der Waals surface area contributed by atoms with Gasteiger partial charge in [0.05, 0.1) is 5.92 Å². The Labute approximate surface area is 129 Å². The number of aliphatic carboxylic acids is 2. The first kappa shape index (κ1) is 15.0. The van der Waals surface area contributed by atoms with Gasteiger partial charge in [-0.3, -0.25) is 9.59 Å². The number of carbonyl (C=O) groups is 2. The number of hydrogen-bond acceptors (Lipinski definition) is 3. The van der Waals surface area contributed by atoms with Crippen molar-refractivity contribution in [2.45, 2.75) is 31.2 Å². The van der Waals surface area contributed by atoms with Gasteiger partial charge in [0, 0.05) is 5.92 Å². The Kier molecular flexibility index (Phi) is 3.68. The summed E-state index contributed by atoms with van der Waals surface area (Å²) in [6, 6.07) is 10.1. The number of carboxylic acid groups (broad SMARTS) is 2. The molecule has 0 aromatic heterocycles. The van der Waals surface area contributed by atoms with Crippen LogP contribution in [0.5, 0.6) is 0 Å². The molecule has 0 radical (unpaired) electrons. The van der Waals surface area contributed by atoms with Crippen LogP contribution in [0.4, 0.5) is 0 Å². The van der Waals surface area contributed by atoms with E-state index in [4.69, 9.17) is 10.8 Å². The highest BCUT2D eigenvalue weighted by Crippen LogP contribution is 2.64. The minimum atomic E-state index is -1.37. The van der Waals surface area contributed by atoms with Crippen LogP contribution in [0.3, 0.4) is 0 Å². The lowest BCUT2D eigenvalue weighted by Crippen LogP contribution is -2.55. The number of benzene rings is 1. The summed E-state index contributed by atoms with van der Waals surface area (Å²) in [7, 11) is 0. The van der Waals surface area contributed by atoms with Gasteiger partial charge in [0.25, 0.3) is 0 Å². The Balaban J connectivity index is 1.63. The maximum Gasteiger partial charge on any atom is 0.324 e. The third kappa shape index (κ3) is 2.29. The molecule has 3 rings (SSSR count). The Hall–Kier alpha value is -1.88. The predicted octanol–water partition coefficient (Wildman–Crippen LogP) is 1.76. The first-order valence-corrected chi connectivity index (χ1v) is 7.75. The molecule has 0 spiro atoms. The normalized spacial score (nSPS) is 35.9. The summed E-state index contributed by atoms with van der Waals surface area (Å²) in [6.07, 6.45) is 3.12. The monoisotopic (exact) mass is 303 g/mol. The highest BCUT2D eigenvalue weighted by Gasteiger charge is 2.73. The van der Waals surface area contributed by atoms with Gasteiger partial charge in [-0.25, -0.2) is 0 Å². The molecule has 2 fully saturated rings. The van der Waals surface area contributed by atoms with Crippen LogP contribution >= 0.6 is 0 Å². The van der Waals surface area contributed by atoms with Gasteiger partial charge in [-0.1, -0.05) is 30.3 Å². The molecule has 4 unspecified atom stereocenters. The van der Waals surface area contributed by atoms with Crippen molar-refractivity contribution in [3.8, 4) is 0 Å². The Morgan fingerprint density at radius 3 is 2.50 bits per heavy atom. The standard InChI is InChI=1S/C17H21NO4/c18-17(16(21)22)11(9-12-13(14(12)17)15(19)20)8-4-7-10-5-2-1-3-6-10/h1-3,5-6,11-14H,4,7-9,18H2,(H,19,20)(H,21,22)/t11?,12?,13-,14?,17?/m0/s1. The quantitative estimate of drug-likeness (QED) is 0.743. The second kappa shape index (κ2) is 5.39. The second-order valence-corrected chi connectivity index (χ2v) is 6.60. The van der Waals surface area contributed by atoms with Gasteiger partial charge in [-0.15, -0.1) is 0 Å². The second-order valence-electron chi connectivity index (χ2n) is 6.60. The summed E-state index contributed by atoms with van der Waals surface area (Å²) in [4.78, 5) is 22.8. The van der Waals surface area contributed by atoms with Gasteiger partial charge in [0.15, 0.2) is 0 Å². The lowest BCUT2D eigenvalue weighted by Gasteiger charge is -2.30. The molecule has 2 saturated carbocycles. The molecule has 2 aliphatic carbocycles. The summed E-state index contributed by atoms with van der Waals surface area (Å²) >= 11 is 0. The fraction of sp³-hybridized carbons (Fsp3) is 0.529. The molecule has 2 aliphatic rings. The van der Waals surface area contributed by atoms with Crippen LogP contribution in [-0.4, -0.2) is 27.7 Å². The van der Waals surface area contributed by atoms with E-state index in [1.54, 1.807) is 0 Å². The van der Waals surface area contributed by atoms with Gasteiger partial charge >= 0.3 is 11.9 Å². The summed E-state index contributed by atoms with van der Waals surface area (Å²) in [5.41, 5.74) is 6.03. The van der Waals surface area contributed by atoms with Crippen molar-refractivity contribution in [3.05, 3.63) is 35.9 Å². The molecule has 0 bridgehead atoms. The smallest absolute Gasteiger partial charge is 0.324 e. The predicted molar refractivity (Wildman–Crippen MR) is 80.1 cm³/mol. The third-order valence-corrected chi connectivity index (χ3v) is 5.47. The maximum atomic E-state index is 11.7. The maximum absolute atomic E-state index is 11.7. The SMILES string of the molecule is NC1(C(=O)O)C(CCCc2ccccc2)CC2C1[C@H]2C(=O)O. The van der Waals surface area contributed by atoms with E-state index in [9.17, 15) is 14.7 Å². The Bertz CT molecular complexity index is 588. The molecule has 5 nitrogen and oxygen atoms in total. The van der Waals surface area contributed by atoms with E-state index < -0.39 is 29.3 Å². The number of nitrogens with two attached hydrogens (primary N) is 1. The van der Waals surface area contributed by atoms with E-state index in [0.29, 0.717) is 6.42 Å². The lowest BCUT2D eigenvalue weighted by molar-refractivity contribution is -0.147. The minimum absolute atomic E-state index is 0.0553. The fourth-order valence-corrected chi connectivity index (χ4v) is 4.32. The van der Waals surface area contributed by atoms with Crippen LogP contribution in [0.25, 0.3) is 0 Å². The summed E-state index contributed by atoms with van der Waals surface area (Å²) in [5, 5.41) is 18.7. The van der Waals surface area contributed by atoms with Crippen molar-refractivity contribution in [2.24, 2.45) is 29.4 Å². The van der Waals surface area contributed by atoms with Crippen LogP contribution in [0, 0.1) is 23.7 Å². The van der Waals surface area contributed by atoms with E-state index in [2.05, 4.69) is 12.1 Å². The molecule has 0 heterocycles. The van der Waals surface area contributed by atoms with Gasteiger partial charge in [-0.2, -0.15) is 0 Å². The van der Waals surface area contributed by atoms with E-state index in [1.165, 1.54) is 5.56 Å². The van der Waals surface area contributed by atoms with Crippen molar-refractivity contribution >= 4 is 11.9 Å². The van der Waals surface area contributed by atoms with Crippen LogP contribution in [-0.2, 0) is 16.0 Å². The highest BCUT2D eigenvalue weighted by molar-refractivity contribution is 5.85. The van der Waals surface area contributed by atoms with Crippen molar-refractivity contribution in [2.75, 3.05) is 0 Å². The average Bonchev–Trinajstić information content (AvgIpc) is 3.14. The Morgan fingerprint density at radius 2 is 1.91 bits per heavy atom. The summed E-state index contributed by atoms with van der Waals surface area (Å²) < 4.78 is 0. The van der Waals surface area contributed by atoms with Gasteiger partial charge < -0.3 is 15.9 Å². The van der Waals surface area contributed by atoms with E-state index >= 15 is 0 Å². The van der Waals surface area contributed by atoms with E-state index in [1.807, 2.05) is 18.2 Å². The van der Waals surface area contributed by atoms with E-state index in [0.717, 1.165) is 19.3 Å². The van der Waals surface area contributed by atoms with Crippen molar-refractivity contribution in [1.82, 2.24) is 0 Å². The molecule has 0 amide bonds. The molecule has 0 aliphatic heterocycles. The number of rotatable bonds is 6. The zero-order valence-electron chi connectivity index (χ0n) is 12.3. The highest BCUT2D eigenvalue weighted by atomic mass is 16.4. The van der Waals surface area contributed by atoms with Crippen LogP contribution < -0.4 is 5.73 Å². The number of aryl methyl sites for hydroxylation is 1. The molecule has 118 valence electrons. The van der Waals surface area contributed by atoms with Crippen LogP contribution in [0.1, 0.15) is 24.8 Å². The van der Waals surface area contributed by atoms with Crippen LogP contribution in [0.2, 0.25) is 0 Å². The molecule has 5 heteroatoms. The minimum Gasteiger partial charge on any atom is -0.481 e. The van der Waals surface area contributed by atoms with Gasteiger partial charge in [-0.05, 0) is 43.1 Å². The number of fused-ring (bicyclic) bond motifs is 1. The first-order valence-electron chi connectivity index (χ1n) is 7.75. The zero-order chi connectivity index (χ0) is 15.9. The van der Waals surface area contributed by atoms with Crippen molar-refractivity contribution < 1.29 is 19.8 Å².